The number of ether oxygens (including phenoxy) is 4. The molecule has 0 aromatic carbocycles. The highest BCUT2D eigenvalue weighted by Gasteiger charge is 2.69. The molecular formula is C16H29NO6Si. The van der Waals surface area contributed by atoms with E-state index in [4.69, 9.17) is 29.1 Å². The topological polar surface area (TPSA) is 89.2 Å². The van der Waals surface area contributed by atoms with E-state index in [0.717, 1.165) is 0 Å². The lowest BCUT2D eigenvalue weighted by atomic mass is 9.88. The van der Waals surface area contributed by atoms with Crippen LogP contribution in [0.25, 0.3) is 0 Å². The summed E-state index contributed by atoms with van der Waals surface area (Å²) in [6.45, 7) is 14.7. The number of rotatable bonds is 3. The number of carbonyl (C=O) groups excluding carboxylic acids is 1. The van der Waals surface area contributed by atoms with Crippen LogP contribution in [0.1, 0.15) is 34.6 Å². The van der Waals surface area contributed by atoms with Gasteiger partial charge in [-0.15, -0.1) is 0 Å². The zero-order chi connectivity index (χ0) is 18.1. The van der Waals surface area contributed by atoms with Gasteiger partial charge in [0.2, 0.25) is 5.72 Å². The molecule has 4 saturated heterocycles. The second kappa shape index (κ2) is 5.25. The second-order valence-electron chi connectivity index (χ2n) is 8.91. The van der Waals surface area contributed by atoms with Crippen molar-refractivity contribution < 1.29 is 28.2 Å². The van der Waals surface area contributed by atoms with Crippen molar-refractivity contribution in [1.29, 1.82) is 0 Å². The molecule has 8 heteroatoms. The van der Waals surface area contributed by atoms with Gasteiger partial charge in [0.25, 0.3) is 0 Å². The fourth-order valence-corrected chi connectivity index (χ4v) is 4.13. The molecule has 0 aromatic rings. The Morgan fingerprint density at radius 3 is 2.38 bits per heavy atom. The Balaban J connectivity index is 1.78. The molecule has 4 fully saturated rings. The van der Waals surface area contributed by atoms with Gasteiger partial charge in [0, 0.05) is 0 Å². The molecule has 0 unspecified atom stereocenters. The maximum absolute atomic E-state index is 12.2. The fourth-order valence-electron chi connectivity index (χ4n) is 3.12. The lowest BCUT2D eigenvalue weighted by Gasteiger charge is -2.51. The van der Waals surface area contributed by atoms with Crippen molar-refractivity contribution in [2.45, 2.75) is 88.7 Å². The first-order valence-corrected chi connectivity index (χ1v) is 11.4. The number of carbonyl (C=O) groups is 1. The first-order valence-electron chi connectivity index (χ1n) is 8.44. The van der Waals surface area contributed by atoms with Crippen molar-refractivity contribution in [1.82, 2.24) is 0 Å². The van der Waals surface area contributed by atoms with E-state index >= 15 is 0 Å². The number of hydrogen-bond donors (Lipinski definition) is 1. The van der Waals surface area contributed by atoms with E-state index in [9.17, 15) is 4.79 Å². The molecule has 4 rings (SSSR count). The predicted octanol–water partition coefficient (Wildman–Crippen LogP) is 1.51. The third-order valence-electron chi connectivity index (χ3n) is 5.57. The highest BCUT2D eigenvalue weighted by Crippen LogP contribution is 2.46. The predicted molar refractivity (Wildman–Crippen MR) is 88.6 cm³/mol. The minimum Gasteiger partial charge on any atom is -0.453 e. The van der Waals surface area contributed by atoms with Crippen LogP contribution in [-0.4, -0.2) is 56.8 Å². The summed E-state index contributed by atoms with van der Waals surface area (Å²) < 4.78 is 29.4. The van der Waals surface area contributed by atoms with Gasteiger partial charge in [-0.2, -0.15) is 0 Å². The Hall–Kier alpha value is -0.513. The van der Waals surface area contributed by atoms with E-state index < -0.39 is 50.2 Å². The summed E-state index contributed by atoms with van der Waals surface area (Å²) in [5, 5.41) is 0.0786. The Bertz CT molecular complexity index is 545. The third kappa shape index (κ3) is 2.73. The largest absolute Gasteiger partial charge is 0.453 e. The van der Waals surface area contributed by atoms with Crippen molar-refractivity contribution in [3.05, 3.63) is 0 Å². The second-order valence-corrected chi connectivity index (χ2v) is 13.7. The monoisotopic (exact) mass is 359 g/mol. The van der Waals surface area contributed by atoms with Crippen LogP contribution in [0.15, 0.2) is 0 Å². The molecule has 0 radical (unpaired) electrons. The summed E-state index contributed by atoms with van der Waals surface area (Å²) in [5.74, 6) is -1.43. The summed E-state index contributed by atoms with van der Waals surface area (Å²) in [5.41, 5.74) is 4.57. The average Bonchev–Trinajstić information content (AvgIpc) is 2.75. The highest BCUT2D eigenvalue weighted by molar-refractivity contribution is 6.74. The molecule has 4 aliphatic heterocycles. The molecule has 2 bridgehead atoms. The summed E-state index contributed by atoms with van der Waals surface area (Å²) in [6, 6.07) is 0. The Kier molecular flexibility index (Phi) is 4.00. The van der Waals surface area contributed by atoms with Gasteiger partial charge in [0.1, 0.15) is 18.3 Å². The van der Waals surface area contributed by atoms with Crippen LogP contribution in [0.2, 0.25) is 18.1 Å². The zero-order valence-electron chi connectivity index (χ0n) is 15.5. The Morgan fingerprint density at radius 2 is 1.79 bits per heavy atom. The first kappa shape index (κ1) is 18.3. The smallest absolute Gasteiger partial charge is 0.357 e. The van der Waals surface area contributed by atoms with Gasteiger partial charge in [-0.1, -0.05) is 20.8 Å². The van der Waals surface area contributed by atoms with Gasteiger partial charge in [0.15, 0.2) is 20.2 Å². The molecule has 0 aromatic heterocycles. The minimum atomic E-state index is -1.95. The molecule has 2 N–H and O–H groups in total. The normalized spacial score (nSPS) is 41.2. The molecule has 0 saturated carbocycles. The highest BCUT2D eigenvalue weighted by atomic mass is 28.4. The molecule has 4 heterocycles. The summed E-state index contributed by atoms with van der Waals surface area (Å²) in [4.78, 5) is 12.2. The third-order valence-corrected chi connectivity index (χ3v) is 10.1. The minimum absolute atomic E-state index is 0.0786. The van der Waals surface area contributed by atoms with E-state index in [0.29, 0.717) is 6.61 Å². The summed E-state index contributed by atoms with van der Waals surface area (Å²) in [6.07, 6.45) is -2.13. The Labute approximate surface area is 144 Å². The summed E-state index contributed by atoms with van der Waals surface area (Å²) >= 11 is 0. The SMILES string of the molecule is CC1(C)O[C@H]2[C@@H]3OC(=O)[C@@](N)(O[C@@H]3CO[Si](C)(C)C(C)(C)C)[C@H]2O1. The van der Waals surface area contributed by atoms with Crippen LogP contribution >= 0.6 is 0 Å². The molecular weight excluding hydrogens is 330 g/mol. The van der Waals surface area contributed by atoms with Crippen LogP contribution in [0, 0.1) is 0 Å². The summed E-state index contributed by atoms with van der Waals surface area (Å²) in [7, 11) is -1.95. The van der Waals surface area contributed by atoms with Crippen LogP contribution in [0.5, 0.6) is 0 Å². The van der Waals surface area contributed by atoms with Gasteiger partial charge in [-0.05, 0) is 32.0 Å². The van der Waals surface area contributed by atoms with Gasteiger partial charge in [-0.3, -0.25) is 5.73 Å². The number of esters is 1. The number of hydrogen-bond acceptors (Lipinski definition) is 7. The van der Waals surface area contributed by atoms with Crippen molar-refractivity contribution in [3.63, 3.8) is 0 Å². The van der Waals surface area contributed by atoms with Crippen LogP contribution in [0.3, 0.4) is 0 Å². The van der Waals surface area contributed by atoms with Gasteiger partial charge >= 0.3 is 5.97 Å². The molecule has 0 aliphatic carbocycles. The van der Waals surface area contributed by atoms with E-state index in [2.05, 4.69) is 33.9 Å². The quantitative estimate of drug-likeness (QED) is 0.603. The Morgan fingerprint density at radius 1 is 1.17 bits per heavy atom. The maximum atomic E-state index is 12.2. The first-order chi connectivity index (χ1) is 10.8. The van der Waals surface area contributed by atoms with E-state index in [1.54, 1.807) is 13.8 Å². The average molecular weight is 359 g/mol. The van der Waals surface area contributed by atoms with E-state index in [1.807, 2.05) is 0 Å². The standard InChI is InChI=1S/C16H29NO6Si/c1-14(2,3)24(6,7)19-8-9-10-11-12(23-15(4,5)22-11)16(17,21-9)13(18)20-10/h9-12H,8,17H2,1-7H3/t9-,10-,11+,12+,16+/m1/s1. The zero-order valence-corrected chi connectivity index (χ0v) is 16.5. The molecule has 138 valence electrons. The van der Waals surface area contributed by atoms with Gasteiger partial charge < -0.3 is 23.4 Å². The van der Waals surface area contributed by atoms with E-state index in [1.165, 1.54) is 0 Å². The van der Waals surface area contributed by atoms with Crippen molar-refractivity contribution in [2.24, 2.45) is 5.73 Å². The van der Waals surface area contributed by atoms with Crippen molar-refractivity contribution in [2.75, 3.05) is 6.61 Å². The van der Waals surface area contributed by atoms with Crippen LogP contribution < -0.4 is 5.73 Å². The fraction of sp³-hybridized carbons (Fsp3) is 0.938. The van der Waals surface area contributed by atoms with E-state index in [-0.39, 0.29) is 5.04 Å². The molecule has 7 nitrogen and oxygen atoms in total. The van der Waals surface area contributed by atoms with Crippen LogP contribution in [0.4, 0.5) is 0 Å². The van der Waals surface area contributed by atoms with Crippen molar-refractivity contribution in [3.8, 4) is 0 Å². The van der Waals surface area contributed by atoms with Gasteiger partial charge in [0.05, 0.1) is 6.61 Å². The molecule has 24 heavy (non-hydrogen) atoms. The molecule has 5 atom stereocenters. The van der Waals surface area contributed by atoms with Crippen LogP contribution in [-0.2, 0) is 28.2 Å². The maximum Gasteiger partial charge on any atom is 0.357 e. The number of fused-ring (bicyclic) bond motifs is 2. The van der Waals surface area contributed by atoms with Gasteiger partial charge in [-0.25, -0.2) is 4.79 Å². The lowest BCUT2D eigenvalue weighted by molar-refractivity contribution is -0.294. The molecule has 4 aliphatic rings. The number of nitrogens with two attached hydrogens (primary N) is 1. The lowest BCUT2D eigenvalue weighted by Crippen LogP contribution is -2.77. The molecule has 0 spiro atoms. The van der Waals surface area contributed by atoms with Crippen molar-refractivity contribution >= 4 is 14.3 Å². The molecule has 0 amide bonds.